The number of rotatable bonds is 4. The summed E-state index contributed by atoms with van der Waals surface area (Å²) in [6, 6.07) is 9.44. The maximum absolute atomic E-state index is 5.95. The van der Waals surface area contributed by atoms with Crippen LogP contribution in [0.4, 0.5) is 0 Å². The van der Waals surface area contributed by atoms with Crippen molar-refractivity contribution in [3.05, 3.63) is 29.8 Å². The summed E-state index contributed by atoms with van der Waals surface area (Å²) in [5, 5.41) is 0. The van der Waals surface area contributed by atoms with Gasteiger partial charge < -0.3 is 4.74 Å². The maximum Gasteiger partial charge on any atom is 0.120 e. The molecule has 0 heterocycles. The molecule has 0 amide bonds. The molecule has 0 spiro atoms. The molecule has 2 nitrogen and oxygen atoms in total. The van der Waals surface area contributed by atoms with Crippen LogP contribution in [0.5, 0.6) is 5.75 Å². The van der Waals surface area contributed by atoms with Crippen LogP contribution < -0.4 is 4.74 Å². The summed E-state index contributed by atoms with van der Waals surface area (Å²) < 4.78 is 5.95. The van der Waals surface area contributed by atoms with E-state index in [9.17, 15) is 0 Å². The Balaban J connectivity index is 1.59. The van der Waals surface area contributed by atoms with Crippen molar-refractivity contribution in [2.45, 2.75) is 91.8 Å². The minimum absolute atomic E-state index is 0.137. The third kappa shape index (κ3) is 5.08. The fraction of sp³-hybridized carbons (Fsp3) is 0.760. The zero-order valence-electron chi connectivity index (χ0n) is 18.7. The van der Waals surface area contributed by atoms with Gasteiger partial charge in [0.15, 0.2) is 0 Å². The van der Waals surface area contributed by atoms with Crippen LogP contribution in [0.15, 0.2) is 24.3 Å². The van der Waals surface area contributed by atoms with E-state index in [1.54, 1.807) is 0 Å². The molecule has 2 heteroatoms. The number of benzene rings is 1. The first-order valence-corrected chi connectivity index (χ1v) is 11.0. The summed E-state index contributed by atoms with van der Waals surface area (Å²) in [6.07, 6.45) is 6.99. The van der Waals surface area contributed by atoms with Gasteiger partial charge >= 0.3 is 0 Å². The Morgan fingerprint density at radius 3 is 2.37 bits per heavy atom. The molecule has 1 aromatic carbocycles. The van der Waals surface area contributed by atoms with E-state index in [-0.39, 0.29) is 5.60 Å². The van der Waals surface area contributed by atoms with Gasteiger partial charge in [-0.25, -0.2) is 0 Å². The molecular formula is C25H41NO. The zero-order chi connectivity index (χ0) is 19.8. The molecule has 0 radical (unpaired) electrons. The maximum atomic E-state index is 5.95. The number of hydrogen-bond acceptors (Lipinski definition) is 2. The first kappa shape index (κ1) is 20.7. The first-order chi connectivity index (χ1) is 12.5. The van der Waals surface area contributed by atoms with E-state index in [4.69, 9.17) is 4.74 Å². The zero-order valence-corrected chi connectivity index (χ0v) is 18.7. The molecule has 2 fully saturated rings. The molecular weight excluding hydrogens is 330 g/mol. The fourth-order valence-electron chi connectivity index (χ4n) is 5.61. The highest BCUT2D eigenvalue weighted by Gasteiger charge is 2.45. The monoisotopic (exact) mass is 371 g/mol. The van der Waals surface area contributed by atoms with Gasteiger partial charge in [0.2, 0.25) is 0 Å². The van der Waals surface area contributed by atoms with E-state index in [2.05, 4.69) is 77.8 Å². The van der Waals surface area contributed by atoms with E-state index in [1.165, 1.54) is 37.7 Å². The highest BCUT2D eigenvalue weighted by atomic mass is 16.5. The Kier molecular flexibility index (Phi) is 5.96. The normalized spacial score (nSPS) is 30.8. The molecule has 152 valence electrons. The van der Waals surface area contributed by atoms with Crippen molar-refractivity contribution in [2.75, 3.05) is 7.05 Å². The van der Waals surface area contributed by atoms with Crippen molar-refractivity contribution in [3.63, 3.8) is 0 Å². The lowest BCUT2D eigenvalue weighted by Gasteiger charge is -2.52. The summed E-state index contributed by atoms with van der Waals surface area (Å²) >= 11 is 0. The van der Waals surface area contributed by atoms with Gasteiger partial charge in [0.1, 0.15) is 11.4 Å². The molecule has 27 heavy (non-hydrogen) atoms. The average molecular weight is 372 g/mol. The van der Waals surface area contributed by atoms with Crippen LogP contribution in [0.1, 0.15) is 79.2 Å². The molecule has 1 unspecified atom stereocenters. The van der Waals surface area contributed by atoms with Gasteiger partial charge in [0, 0.05) is 12.6 Å². The van der Waals surface area contributed by atoms with E-state index < -0.39 is 0 Å². The summed E-state index contributed by atoms with van der Waals surface area (Å²) in [5.41, 5.74) is 1.79. The Labute approximate surface area is 167 Å². The van der Waals surface area contributed by atoms with Gasteiger partial charge in [-0.3, -0.25) is 4.90 Å². The van der Waals surface area contributed by atoms with Gasteiger partial charge in [-0.1, -0.05) is 32.9 Å². The van der Waals surface area contributed by atoms with Crippen LogP contribution in [0.25, 0.3) is 0 Å². The van der Waals surface area contributed by atoms with Crippen LogP contribution in [-0.2, 0) is 6.54 Å². The molecule has 0 N–H and O–H groups in total. The lowest BCUT2D eigenvalue weighted by Crippen LogP contribution is -2.47. The van der Waals surface area contributed by atoms with Crippen LogP contribution in [0.3, 0.4) is 0 Å². The van der Waals surface area contributed by atoms with Gasteiger partial charge in [-0.05, 0) is 101 Å². The van der Waals surface area contributed by atoms with Crippen molar-refractivity contribution in [1.29, 1.82) is 0 Å². The highest BCUT2D eigenvalue weighted by Crippen LogP contribution is 2.53. The second-order valence-electron chi connectivity index (χ2n) is 11.0. The van der Waals surface area contributed by atoms with E-state index >= 15 is 0 Å². The highest BCUT2D eigenvalue weighted by molar-refractivity contribution is 5.27. The smallest absolute Gasteiger partial charge is 0.120 e. The SMILES string of the molecule is C[C@@H]1CCC(C)(C)[C@H]2CC[C@@H](N(C)Cc3ccc(OC(C)(C)C)cc3)CC12. The molecule has 0 aliphatic heterocycles. The minimum Gasteiger partial charge on any atom is -0.488 e. The fourth-order valence-corrected chi connectivity index (χ4v) is 5.61. The van der Waals surface area contributed by atoms with Crippen LogP contribution in [0.2, 0.25) is 0 Å². The van der Waals surface area contributed by atoms with Crippen molar-refractivity contribution >= 4 is 0 Å². The Morgan fingerprint density at radius 1 is 1.07 bits per heavy atom. The van der Waals surface area contributed by atoms with Crippen molar-refractivity contribution in [2.24, 2.45) is 23.2 Å². The lowest BCUT2D eigenvalue weighted by molar-refractivity contribution is -0.0237. The van der Waals surface area contributed by atoms with Crippen LogP contribution in [0, 0.1) is 23.2 Å². The Bertz CT molecular complexity index is 612. The van der Waals surface area contributed by atoms with Gasteiger partial charge in [0.25, 0.3) is 0 Å². The molecule has 0 bridgehead atoms. The third-order valence-corrected chi connectivity index (χ3v) is 7.25. The molecule has 1 aromatic rings. The summed E-state index contributed by atoms with van der Waals surface area (Å²) in [6.45, 7) is 14.9. The quantitative estimate of drug-likeness (QED) is 0.596. The largest absolute Gasteiger partial charge is 0.488 e. The van der Waals surface area contributed by atoms with Gasteiger partial charge in [-0.15, -0.1) is 0 Å². The number of fused-ring (bicyclic) bond motifs is 1. The Hall–Kier alpha value is -1.02. The molecule has 2 aliphatic rings. The standard InChI is InChI=1S/C25H41NO/c1-18-14-15-25(5,6)23-13-10-20(16-22(18)23)26(7)17-19-8-11-21(12-9-19)27-24(2,3)4/h8-9,11-12,18,20,22-23H,10,13-17H2,1-7H3/t18-,20-,22?,23+/m1/s1. The third-order valence-electron chi connectivity index (χ3n) is 7.25. The molecule has 2 saturated carbocycles. The number of nitrogens with zero attached hydrogens (tertiary/aromatic N) is 1. The van der Waals surface area contributed by atoms with Gasteiger partial charge in [0.05, 0.1) is 0 Å². The first-order valence-electron chi connectivity index (χ1n) is 11.0. The number of ether oxygens (including phenoxy) is 1. The summed E-state index contributed by atoms with van der Waals surface area (Å²) in [5.74, 6) is 3.71. The molecule has 4 atom stereocenters. The molecule has 0 aromatic heterocycles. The molecule has 2 aliphatic carbocycles. The topological polar surface area (TPSA) is 12.5 Å². The van der Waals surface area contributed by atoms with Crippen LogP contribution >= 0.6 is 0 Å². The van der Waals surface area contributed by atoms with Crippen molar-refractivity contribution in [1.82, 2.24) is 4.90 Å². The Morgan fingerprint density at radius 2 is 1.74 bits per heavy atom. The van der Waals surface area contributed by atoms with E-state index in [0.29, 0.717) is 5.41 Å². The number of hydrogen-bond donors (Lipinski definition) is 0. The predicted octanol–water partition coefficient (Wildman–Crippen LogP) is 6.54. The summed E-state index contributed by atoms with van der Waals surface area (Å²) in [4.78, 5) is 2.60. The summed E-state index contributed by atoms with van der Waals surface area (Å²) in [7, 11) is 2.32. The second-order valence-corrected chi connectivity index (χ2v) is 11.0. The van der Waals surface area contributed by atoms with Crippen LogP contribution in [-0.4, -0.2) is 23.6 Å². The molecule has 0 saturated heterocycles. The van der Waals surface area contributed by atoms with Crippen molar-refractivity contribution < 1.29 is 4.74 Å². The van der Waals surface area contributed by atoms with E-state index in [1.807, 2.05) is 0 Å². The lowest BCUT2D eigenvalue weighted by atomic mass is 9.55. The van der Waals surface area contributed by atoms with E-state index in [0.717, 1.165) is 36.1 Å². The molecule has 3 rings (SSSR count). The average Bonchev–Trinajstić information content (AvgIpc) is 2.59. The minimum atomic E-state index is -0.137. The van der Waals surface area contributed by atoms with Gasteiger partial charge in [-0.2, -0.15) is 0 Å². The van der Waals surface area contributed by atoms with Crippen molar-refractivity contribution in [3.8, 4) is 5.75 Å². The predicted molar refractivity (Wildman–Crippen MR) is 115 cm³/mol. The second kappa shape index (κ2) is 7.78.